The second kappa shape index (κ2) is 8.38. The molecule has 0 heterocycles. The van der Waals surface area contributed by atoms with Crippen molar-refractivity contribution >= 4 is 50.3 Å². The van der Waals surface area contributed by atoms with Crippen molar-refractivity contribution in [2.45, 2.75) is 39.1 Å². The first-order valence-electron chi connectivity index (χ1n) is 7.98. The highest BCUT2D eigenvalue weighted by Crippen LogP contribution is 2.31. The highest BCUT2D eigenvalue weighted by Gasteiger charge is 2.30. The van der Waals surface area contributed by atoms with Crippen molar-refractivity contribution in [3.05, 3.63) is 61.6 Å². The number of hydrogen-bond acceptors (Lipinski definition) is 2. The number of amides is 1. The number of hydrogen-bond donors (Lipinski definition) is 0. The molecule has 0 atom stereocenters. The third-order valence-electron chi connectivity index (χ3n) is 3.43. The van der Waals surface area contributed by atoms with Crippen LogP contribution in [0.5, 0.6) is 0 Å². The summed E-state index contributed by atoms with van der Waals surface area (Å²) in [5.41, 5.74) is -0.261. The number of nitrogens with zero attached hydrogens (tertiary/aromatic N) is 1. The third kappa shape index (κ3) is 6.38. The average molecular weight is 556 g/mol. The van der Waals surface area contributed by atoms with Crippen molar-refractivity contribution in [1.29, 1.82) is 0 Å². The maximum absolute atomic E-state index is 12.8. The molecule has 1 amide bonds. The van der Waals surface area contributed by atoms with Gasteiger partial charge < -0.3 is 4.74 Å². The normalized spacial score (nSPS) is 12.0. The van der Waals surface area contributed by atoms with Gasteiger partial charge in [-0.15, -0.1) is 0 Å². The molecule has 0 unspecified atom stereocenters. The van der Waals surface area contributed by atoms with E-state index in [-0.39, 0.29) is 6.54 Å². The first-order valence-corrected chi connectivity index (χ1v) is 9.86. The average Bonchev–Trinajstić information content (AvgIpc) is 2.53. The molecule has 3 nitrogen and oxygen atoms in total. The molecule has 0 aromatic heterocycles. The van der Waals surface area contributed by atoms with Gasteiger partial charge in [0.15, 0.2) is 0 Å². The zero-order valence-electron chi connectivity index (χ0n) is 14.9. The number of halogens is 5. The van der Waals surface area contributed by atoms with E-state index in [1.54, 1.807) is 26.8 Å². The number of ether oxygens (including phenoxy) is 1. The quantitative estimate of drug-likeness (QED) is 0.381. The molecule has 27 heavy (non-hydrogen) atoms. The Morgan fingerprint density at radius 3 is 2.22 bits per heavy atom. The second-order valence-corrected chi connectivity index (χ2v) is 8.93. The van der Waals surface area contributed by atoms with E-state index in [1.807, 2.05) is 12.1 Å². The van der Waals surface area contributed by atoms with Gasteiger partial charge in [-0.1, -0.05) is 28.1 Å². The highest BCUT2D eigenvalue weighted by molar-refractivity contribution is 14.1. The van der Waals surface area contributed by atoms with Crippen LogP contribution in [-0.4, -0.2) is 11.7 Å². The summed E-state index contributed by atoms with van der Waals surface area (Å²) in [5.74, 6) is 0. The number of alkyl halides is 3. The van der Waals surface area contributed by atoms with Crippen LogP contribution >= 0.6 is 38.5 Å². The maximum atomic E-state index is 12.8. The SMILES string of the molecule is CC(C)(C)OC(=O)N(Cc1ccc(C(F)(F)F)cc1)c1cc(Br)ccc1I. The Hall–Kier alpha value is -1.29. The fourth-order valence-corrected chi connectivity index (χ4v) is 3.22. The minimum atomic E-state index is -4.40. The summed E-state index contributed by atoms with van der Waals surface area (Å²) in [5, 5.41) is 0. The third-order valence-corrected chi connectivity index (χ3v) is 4.84. The molecule has 0 saturated heterocycles. The summed E-state index contributed by atoms with van der Waals surface area (Å²) in [6, 6.07) is 10.2. The second-order valence-electron chi connectivity index (χ2n) is 6.86. The summed E-state index contributed by atoms with van der Waals surface area (Å²) in [4.78, 5) is 14.2. The number of carbonyl (C=O) groups excluding carboxylic acids is 1. The molecular formula is C19H18BrF3INO2. The Morgan fingerprint density at radius 1 is 1.11 bits per heavy atom. The van der Waals surface area contributed by atoms with Gasteiger partial charge in [0.25, 0.3) is 0 Å². The molecule has 0 fully saturated rings. The van der Waals surface area contributed by atoms with E-state index in [0.717, 1.165) is 20.2 Å². The van der Waals surface area contributed by atoms with Crippen LogP contribution in [0.1, 0.15) is 31.9 Å². The molecule has 146 valence electrons. The van der Waals surface area contributed by atoms with Crippen molar-refractivity contribution < 1.29 is 22.7 Å². The molecular weight excluding hydrogens is 538 g/mol. The molecule has 2 aromatic rings. The molecule has 2 aromatic carbocycles. The van der Waals surface area contributed by atoms with Gasteiger partial charge in [0.2, 0.25) is 0 Å². The van der Waals surface area contributed by atoms with Gasteiger partial charge in [-0.25, -0.2) is 4.79 Å². The van der Waals surface area contributed by atoms with E-state index >= 15 is 0 Å². The van der Waals surface area contributed by atoms with Gasteiger partial charge in [0.1, 0.15) is 5.60 Å². The molecule has 8 heteroatoms. The number of rotatable bonds is 3. The highest BCUT2D eigenvalue weighted by atomic mass is 127. The van der Waals surface area contributed by atoms with E-state index in [4.69, 9.17) is 4.74 Å². The van der Waals surface area contributed by atoms with Crippen molar-refractivity contribution in [3.8, 4) is 0 Å². The number of carbonyl (C=O) groups is 1. The monoisotopic (exact) mass is 555 g/mol. The van der Waals surface area contributed by atoms with Crippen LogP contribution in [0.4, 0.5) is 23.7 Å². The van der Waals surface area contributed by atoms with Crippen molar-refractivity contribution in [2.24, 2.45) is 0 Å². The van der Waals surface area contributed by atoms with E-state index < -0.39 is 23.4 Å². The zero-order valence-corrected chi connectivity index (χ0v) is 18.6. The fourth-order valence-electron chi connectivity index (χ4n) is 2.24. The van der Waals surface area contributed by atoms with Crippen LogP contribution in [0, 0.1) is 3.57 Å². The van der Waals surface area contributed by atoms with Gasteiger partial charge in [0.05, 0.1) is 17.8 Å². The Morgan fingerprint density at radius 2 is 1.70 bits per heavy atom. The van der Waals surface area contributed by atoms with Crippen LogP contribution < -0.4 is 4.90 Å². The predicted octanol–water partition coefficient (Wildman–Crippen LogP) is 7.01. The summed E-state index contributed by atoms with van der Waals surface area (Å²) < 4.78 is 45.4. The predicted molar refractivity (Wildman–Crippen MR) is 111 cm³/mol. The Kier molecular flexibility index (Phi) is 6.83. The van der Waals surface area contributed by atoms with E-state index in [1.165, 1.54) is 17.0 Å². The Labute approximate surface area is 178 Å². The Balaban J connectivity index is 2.38. The van der Waals surface area contributed by atoms with Crippen LogP contribution in [-0.2, 0) is 17.5 Å². The molecule has 0 radical (unpaired) electrons. The zero-order chi connectivity index (χ0) is 20.4. The lowest BCUT2D eigenvalue weighted by molar-refractivity contribution is -0.137. The minimum absolute atomic E-state index is 0.0828. The lowest BCUT2D eigenvalue weighted by atomic mass is 10.1. The number of anilines is 1. The molecule has 0 aliphatic heterocycles. The largest absolute Gasteiger partial charge is 0.443 e. The van der Waals surface area contributed by atoms with Crippen molar-refractivity contribution in [3.63, 3.8) is 0 Å². The Bertz CT molecular complexity index is 817. The molecule has 0 saturated carbocycles. The summed E-state index contributed by atoms with van der Waals surface area (Å²) in [6.07, 6.45) is -4.97. The van der Waals surface area contributed by atoms with Gasteiger partial charge in [-0.2, -0.15) is 13.2 Å². The fraction of sp³-hybridized carbons (Fsp3) is 0.316. The molecule has 0 aliphatic carbocycles. The maximum Gasteiger partial charge on any atom is 0.416 e. The van der Waals surface area contributed by atoms with Gasteiger partial charge in [-0.05, 0) is 79.3 Å². The smallest absolute Gasteiger partial charge is 0.416 e. The lowest BCUT2D eigenvalue weighted by Gasteiger charge is -2.28. The van der Waals surface area contributed by atoms with E-state index in [0.29, 0.717) is 11.3 Å². The number of benzene rings is 2. The lowest BCUT2D eigenvalue weighted by Crippen LogP contribution is -2.37. The first-order chi connectivity index (χ1) is 12.4. The van der Waals surface area contributed by atoms with E-state index in [9.17, 15) is 18.0 Å². The molecule has 0 bridgehead atoms. The van der Waals surface area contributed by atoms with Crippen LogP contribution in [0.15, 0.2) is 46.9 Å². The van der Waals surface area contributed by atoms with Crippen molar-refractivity contribution in [2.75, 3.05) is 4.90 Å². The van der Waals surface area contributed by atoms with Gasteiger partial charge in [0, 0.05) is 8.04 Å². The van der Waals surface area contributed by atoms with Crippen LogP contribution in [0.25, 0.3) is 0 Å². The summed E-state index contributed by atoms with van der Waals surface area (Å²) in [7, 11) is 0. The summed E-state index contributed by atoms with van der Waals surface area (Å²) in [6.45, 7) is 5.35. The minimum Gasteiger partial charge on any atom is -0.443 e. The molecule has 2 rings (SSSR count). The molecule has 0 aliphatic rings. The van der Waals surface area contributed by atoms with Crippen molar-refractivity contribution in [1.82, 2.24) is 0 Å². The van der Waals surface area contributed by atoms with E-state index in [2.05, 4.69) is 38.5 Å². The van der Waals surface area contributed by atoms with Crippen LogP contribution in [0.2, 0.25) is 0 Å². The first kappa shape index (κ1) is 22.0. The van der Waals surface area contributed by atoms with Gasteiger partial charge >= 0.3 is 12.3 Å². The van der Waals surface area contributed by atoms with Gasteiger partial charge in [-0.3, -0.25) is 4.90 Å². The summed E-state index contributed by atoms with van der Waals surface area (Å²) >= 11 is 5.49. The van der Waals surface area contributed by atoms with Crippen LogP contribution in [0.3, 0.4) is 0 Å². The standard InChI is InChI=1S/C19H18BrF3INO2/c1-18(2,3)27-17(26)25(16-10-14(20)8-9-15(16)24)11-12-4-6-13(7-5-12)19(21,22)23/h4-10H,11H2,1-3H3. The topological polar surface area (TPSA) is 29.5 Å². The molecule has 0 N–H and O–H groups in total. The molecule has 0 spiro atoms.